The number of aromatic nitrogens is 1. The van der Waals surface area contributed by atoms with Gasteiger partial charge in [-0.05, 0) is 23.8 Å². The van der Waals surface area contributed by atoms with E-state index in [0.29, 0.717) is 5.56 Å². The third kappa shape index (κ3) is 3.53. The molecule has 2 aromatic rings. The van der Waals surface area contributed by atoms with Crippen molar-refractivity contribution in [3.8, 4) is 0 Å². The Morgan fingerprint density at radius 3 is 2.82 bits per heavy atom. The van der Waals surface area contributed by atoms with Crippen molar-refractivity contribution in [3.63, 3.8) is 0 Å². The molecule has 0 unspecified atom stereocenters. The lowest BCUT2D eigenvalue weighted by atomic mass is 9.84. The van der Waals surface area contributed by atoms with Crippen LogP contribution < -0.4 is 5.73 Å². The van der Waals surface area contributed by atoms with Gasteiger partial charge >= 0.3 is 0 Å². The molecule has 1 aliphatic rings. The Labute approximate surface area is 158 Å². The summed E-state index contributed by atoms with van der Waals surface area (Å²) in [5.41, 5.74) is 3.68. The van der Waals surface area contributed by atoms with Crippen LogP contribution in [0.5, 0.6) is 0 Å². The standard InChI is InChI=1S/C19H15F3N4O2/c1-24-12-3-5-15(25-8-12)16(27)7-11-2-4-14(21)13(6-11)19(10-20)17(22)9-28-18(23)26-19/h2-6,8,17H,7,9-10H2,(H2,23,26)/t17-,19-/m1/s1. The molecule has 0 radical (unpaired) electrons. The molecular weight excluding hydrogens is 373 g/mol. The molecular formula is C19H15F3N4O2. The van der Waals surface area contributed by atoms with E-state index in [1.54, 1.807) is 0 Å². The van der Waals surface area contributed by atoms with E-state index in [9.17, 15) is 18.0 Å². The van der Waals surface area contributed by atoms with Gasteiger partial charge in [-0.25, -0.2) is 23.0 Å². The highest BCUT2D eigenvalue weighted by Gasteiger charge is 2.47. The number of hydrogen-bond donors (Lipinski definition) is 1. The fourth-order valence-electron chi connectivity index (χ4n) is 2.92. The zero-order valence-electron chi connectivity index (χ0n) is 14.5. The van der Waals surface area contributed by atoms with Crippen molar-refractivity contribution in [3.05, 3.63) is 70.6 Å². The minimum absolute atomic E-state index is 0.121. The minimum atomic E-state index is -2.17. The number of Topliss-reactive ketones (excluding diaryl/α,β-unsaturated/α-hetero) is 1. The van der Waals surface area contributed by atoms with E-state index in [-0.39, 0.29) is 23.4 Å². The molecule has 1 aromatic carbocycles. The molecule has 144 valence electrons. The van der Waals surface area contributed by atoms with Crippen LogP contribution in [0.15, 0.2) is 41.5 Å². The molecule has 28 heavy (non-hydrogen) atoms. The maximum absolute atomic E-state index is 14.5. The number of amidine groups is 1. The van der Waals surface area contributed by atoms with E-state index in [0.717, 1.165) is 6.07 Å². The van der Waals surface area contributed by atoms with Crippen molar-refractivity contribution < 1.29 is 22.7 Å². The summed E-state index contributed by atoms with van der Waals surface area (Å²) in [6.07, 6.45) is -0.859. The maximum atomic E-state index is 14.5. The number of ether oxygens (including phenoxy) is 1. The number of hydrogen-bond acceptors (Lipinski definition) is 5. The number of benzene rings is 1. The minimum Gasteiger partial charge on any atom is -0.462 e. The summed E-state index contributed by atoms with van der Waals surface area (Å²) in [6.45, 7) is 5.00. The first-order chi connectivity index (χ1) is 13.4. The molecule has 1 aliphatic heterocycles. The second kappa shape index (κ2) is 7.68. The van der Waals surface area contributed by atoms with Crippen molar-refractivity contribution in [2.75, 3.05) is 13.3 Å². The van der Waals surface area contributed by atoms with Gasteiger partial charge in [0.2, 0.25) is 5.69 Å². The molecule has 2 atom stereocenters. The Kier molecular flexibility index (Phi) is 5.31. The van der Waals surface area contributed by atoms with Crippen LogP contribution in [0.3, 0.4) is 0 Å². The average molecular weight is 388 g/mol. The largest absolute Gasteiger partial charge is 0.462 e. The number of pyridine rings is 1. The molecule has 2 heterocycles. The summed E-state index contributed by atoms with van der Waals surface area (Å²) in [7, 11) is 0. The molecule has 0 fully saturated rings. The van der Waals surface area contributed by atoms with Gasteiger partial charge in [0, 0.05) is 18.2 Å². The molecule has 0 amide bonds. The lowest BCUT2D eigenvalue weighted by Gasteiger charge is -2.34. The number of carbonyl (C=O) groups is 1. The van der Waals surface area contributed by atoms with Gasteiger partial charge < -0.3 is 10.5 Å². The molecule has 0 bridgehead atoms. The van der Waals surface area contributed by atoms with Crippen LogP contribution in [0, 0.1) is 12.4 Å². The summed E-state index contributed by atoms with van der Waals surface area (Å²) in [4.78, 5) is 23.2. The van der Waals surface area contributed by atoms with Gasteiger partial charge in [-0.3, -0.25) is 9.78 Å². The lowest BCUT2D eigenvalue weighted by molar-refractivity contribution is 0.0664. The molecule has 6 nitrogen and oxygen atoms in total. The Morgan fingerprint density at radius 1 is 1.39 bits per heavy atom. The summed E-state index contributed by atoms with van der Waals surface area (Å²) < 4.78 is 47.5. The van der Waals surface area contributed by atoms with Gasteiger partial charge in [0.05, 0.1) is 6.57 Å². The van der Waals surface area contributed by atoms with E-state index in [4.69, 9.17) is 17.0 Å². The Hall–Kier alpha value is -3.41. The van der Waals surface area contributed by atoms with Crippen LogP contribution in [0.4, 0.5) is 18.9 Å². The first-order valence-electron chi connectivity index (χ1n) is 8.23. The molecule has 2 N–H and O–H groups in total. The van der Waals surface area contributed by atoms with Crippen molar-refractivity contribution in [2.45, 2.75) is 18.1 Å². The number of nitrogens with two attached hydrogens (primary N) is 1. The predicted octanol–water partition coefficient (Wildman–Crippen LogP) is 3.04. The Balaban J connectivity index is 1.94. The van der Waals surface area contributed by atoms with E-state index in [2.05, 4.69) is 14.8 Å². The van der Waals surface area contributed by atoms with Crippen LogP contribution in [0.1, 0.15) is 21.6 Å². The van der Waals surface area contributed by atoms with E-state index in [1.165, 1.54) is 30.5 Å². The monoisotopic (exact) mass is 388 g/mol. The first kappa shape index (κ1) is 19.4. The fraction of sp³-hybridized carbons (Fsp3) is 0.263. The van der Waals surface area contributed by atoms with Gasteiger partial charge in [0.1, 0.15) is 24.8 Å². The number of carbonyl (C=O) groups excluding carboxylic acids is 1. The highest BCUT2D eigenvalue weighted by atomic mass is 19.1. The van der Waals surface area contributed by atoms with Crippen molar-refractivity contribution in [1.82, 2.24) is 4.98 Å². The fourth-order valence-corrected chi connectivity index (χ4v) is 2.92. The highest BCUT2D eigenvalue weighted by molar-refractivity contribution is 5.96. The van der Waals surface area contributed by atoms with Gasteiger partial charge in [-0.15, -0.1) is 0 Å². The summed E-state index contributed by atoms with van der Waals surface area (Å²) >= 11 is 0. The predicted molar refractivity (Wildman–Crippen MR) is 95.1 cm³/mol. The molecule has 0 saturated heterocycles. The third-order valence-corrected chi connectivity index (χ3v) is 4.43. The van der Waals surface area contributed by atoms with Crippen molar-refractivity contribution in [1.29, 1.82) is 0 Å². The Morgan fingerprint density at radius 2 is 2.18 bits per heavy atom. The quantitative estimate of drug-likeness (QED) is 0.631. The first-order valence-corrected chi connectivity index (χ1v) is 8.23. The van der Waals surface area contributed by atoms with Crippen LogP contribution in [-0.2, 0) is 16.7 Å². The number of halogens is 3. The van der Waals surface area contributed by atoms with Gasteiger partial charge in [-0.2, -0.15) is 0 Å². The molecule has 1 aromatic heterocycles. The SMILES string of the molecule is [C-]#[N+]c1ccc(C(=O)Cc2ccc(F)c([C@@]3(CF)N=C(N)OC[C@H]3F)c2)nc1. The summed E-state index contributed by atoms with van der Waals surface area (Å²) in [5.74, 6) is -1.26. The zero-order valence-corrected chi connectivity index (χ0v) is 14.5. The van der Waals surface area contributed by atoms with Crippen LogP contribution in [0.25, 0.3) is 4.85 Å². The van der Waals surface area contributed by atoms with Gasteiger partial charge in [0.15, 0.2) is 17.5 Å². The normalized spacial score (nSPS) is 21.4. The Bertz CT molecular complexity index is 972. The number of alkyl halides is 2. The topological polar surface area (TPSA) is 81.9 Å². The van der Waals surface area contributed by atoms with Crippen LogP contribution >= 0.6 is 0 Å². The zero-order chi connectivity index (χ0) is 20.3. The van der Waals surface area contributed by atoms with Crippen LogP contribution in [0.2, 0.25) is 0 Å². The second-order valence-corrected chi connectivity index (χ2v) is 6.21. The van der Waals surface area contributed by atoms with Crippen molar-refractivity contribution in [2.24, 2.45) is 10.7 Å². The average Bonchev–Trinajstić information content (AvgIpc) is 2.71. The smallest absolute Gasteiger partial charge is 0.283 e. The molecule has 0 saturated carbocycles. The second-order valence-electron chi connectivity index (χ2n) is 6.21. The number of ketones is 1. The molecule has 0 spiro atoms. The molecule has 0 aliphatic carbocycles. The lowest BCUT2D eigenvalue weighted by Crippen LogP contribution is -2.47. The summed E-state index contributed by atoms with van der Waals surface area (Å²) in [5, 5.41) is 0. The molecule has 9 heteroatoms. The van der Waals surface area contributed by atoms with Gasteiger partial charge in [0.25, 0.3) is 6.02 Å². The highest BCUT2D eigenvalue weighted by Crippen LogP contribution is 2.37. The number of nitrogens with zero attached hydrogens (tertiary/aromatic N) is 3. The van der Waals surface area contributed by atoms with E-state index >= 15 is 0 Å². The molecule has 3 rings (SSSR count). The van der Waals surface area contributed by atoms with Crippen LogP contribution in [-0.4, -0.2) is 36.2 Å². The number of rotatable bonds is 5. The van der Waals surface area contributed by atoms with E-state index in [1.807, 2.05) is 0 Å². The number of aliphatic imine (C=N–C) groups is 1. The maximum Gasteiger partial charge on any atom is 0.283 e. The third-order valence-electron chi connectivity index (χ3n) is 4.43. The summed E-state index contributed by atoms with van der Waals surface area (Å²) in [6, 6.07) is 6.00. The van der Waals surface area contributed by atoms with Gasteiger partial charge in [-0.1, -0.05) is 12.1 Å². The van der Waals surface area contributed by atoms with Crippen molar-refractivity contribution >= 4 is 17.5 Å². The van der Waals surface area contributed by atoms with E-state index < -0.39 is 42.6 Å².